The predicted molar refractivity (Wildman–Crippen MR) is 76.1 cm³/mol. The van der Waals surface area contributed by atoms with Crippen molar-refractivity contribution in [1.29, 1.82) is 0 Å². The van der Waals surface area contributed by atoms with E-state index in [0.717, 1.165) is 6.54 Å². The molecule has 1 heterocycles. The third-order valence-electron chi connectivity index (χ3n) is 4.30. The fraction of sp³-hybridized carbons (Fsp3) is 0.250. The lowest BCUT2D eigenvalue weighted by molar-refractivity contribution is 0.434. The highest BCUT2D eigenvalue weighted by molar-refractivity contribution is 5.85. The molecule has 0 saturated carbocycles. The van der Waals surface area contributed by atoms with Gasteiger partial charge in [-0.3, -0.25) is 5.32 Å². The maximum atomic E-state index is 3.75. The smallest absolute Gasteiger partial charge is 0.0702 e. The molecule has 0 saturated heterocycles. The van der Waals surface area contributed by atoms with Gasteiger partial charge in [-0.05, 0) is 35.1 Å². The molecule has 2 aromatic rings. The first-order valence-corrected chi connectivity index (χ1v) is 6.32. The van der Waals surface area contributed by atoms with E-state index in [1.165, 1.54) is 35.1 Å². The van der Waals surface area contributed by atoms with Gasteiger partial charge in [0.05, 0.1) is 5.54 Å². The zero-order valence-corrected chi connectivity index (χ0v) is 11.0. The summed E-state index contributed by atoms with van der Waals surface area (Å²) in [6, 6.07) is 17.7. The van der Waals surface area contributed by atoms with Gasteiger partial charge in [0, 0.05) is 6.54 Å². The van der Waals surface area contributed by atoms with Gasteiger partial charge < -0.3 is 0 Å². The van der Waals surface area contributed by atoms with Crippen LogP contribution in [0.2, 0.25) is 0 Å². The van der Waals surface area contributed by atoms with Gasteiger partial charge in [0.15, 0.2) is 0 Å². The number of halogens is 1. The maximum absolute atomic E-state index is 3.75. The molecule has 1 aliphatic carbocycles. The Hall–Kier alpha value is -1.31. The number of fused-ring (bicyclic) bond motifs is 4. The van der Waals surface area contributed by atoms with Gasteiger partial charge in [0.25, 0.3) is 0 Å². The third kappa shape index (κ3) is 1.38. The Labute approximate surface area is 114 Å². The lowest BCUT2D eigenvalue weighted by atomic mass is 9.85. The van der Waals surface area contributed by atoms with Crippen LogP contribution in [0.5, 0.6) is 0 Å². The van der Waals surface area contributed by atoms with E-state index in [2.05, 4.69) is 53.8 Å². The van der Waals surface area contributed by atoms with Crippen LogP contribution in [0, 0.1) is 0 Å². The van der Waals surface area contributed by atoms with E-state index in [4.69, 9.17) is 0 Å². The summed E-state index contributed by atoms with van der Waals surface area (Å²) in [4.78, 5) is 0. The highest BCUT2D eigenvalue weighted by atomic mass is 35.5. The summed E-state index contributed by atoms with van der Waals surface area (Å²) in [6.45, 7) is 1.00. The molecule has 4 rings (SSSR count). The van der Waals surface area contributed by atoms with Crippen LogP contribution in [-0.4, -0.2) is 0 Å². The molecular weight excluding hydrogens is 242 g/mol. The molecule has 1 aliphatic heterocycles. The van der Waals surface area contributed by atoms with Crippen molar-refractivity contribution in [2.45, 2.75) is 24.9 Å². The quantitative estimate of drug-likeness (QED) is 0.763. The van der Waals surface area contributed by atoms with Crippen molar-refractivity contribution in [1.82, 2.24) is 5.32 Å². The molecule has 1 N–H and O–H groups in total. The molecule has 2 heteroatoms. The summed E-state index contributed by atoms with van der Waals surface area (Å²) >= 11 is 0. The van der Waals surface area contributed by atoms with E-state index >= 15 is 0 Å². The van der Waals surface area contributed by atoms with Gasteiger partial charge in [-0.25, -0.2) is 0 Å². The molecule has 2 aromatic carbocycles. The summed E-state index contributed by atoms with van der Waals surface area (Å²) in [5, 5.41) is 3.75. The van der Waals surface area contributed by atoms with E-state index in [1.807, 2.05) is 0 Å². The minimum absolute atomic E-state index is 0. The lowest BCUT2D eigenvalue weighted by Crippen LogP contribution is -2.35. The number of aryl methyl sites for hydroxylation is 1. The molecule has 1 unspecified atom stereocenters. The number of hydrogen-bond acceptors (Lipinski definition) is 1. The monoisotopic (exact) mass is 257 g/mol. The first kappa shape index (κ1) is 11.8. The van der Waals surface area contributed by atoms with Crippen LogP contribution in [0.15, 0.2) is 48.5 Å². The highest BCUT2D eigenvalue weighted by Gasteiger charge is 2.43. The van der Waals surface area contributed by atoms with E-state index < -0.39 is 0 Å². The molecule has 1 nitrogen and oxygen atoms in total. The van der Waals surface area contributed by atoms with Crippen LogP contribution in [0.1, 0.15) is 28.7 Å². The highest BCUT2D eigenvalue weighted by Crippen LogP contribution is 2.46. The first-order chi connectivity index (χ1) is 8.40. The number of hydrogen-bond donors (Lipinski definition) is 1. The molecule has 2 aliphatic rings. The van der Waals surface area contributed by atoms with E-state index in [1.54, 1.807) is 0 Å². The number of benzene rings is 2. The topological polar surface area (TPSA) is 12.0 Å². The molecular formula is C16H16ClN. The standard InChI is InChI=1S/C16H15N.ClH/c1-3-7-14-12(5-1)9-10-16(14)15-8-4-2-6-13(15)11-17-16;/h1-8,17H,9-11H2;1H. The Morgan fingerprint density at radius 2 is 1.44 bits per heavy atom. The molecule has 0 aromatic heterocycles. The number of rotatable bonds is 0. The fourth-order valence-electron chi connectivity index (χ4n) is 3.51. The van der Waals surface area contributed by atoms with Gasteiger partial charge in [-0.1, -0.05) is 48.5 Å². The molecule has 0 bridgehead atoms. The van der Waals surface area contributed by atoms with Crippen LogP contribution in [0.25, 0.3) is 0 Å². The molecule has 0 fully saturated rings. The van der Waals surface area contributed by atoms with Crippen LogP contribution in [0.4, 0.5) is 0 Å². The second-order valence-corrected chi connectivity index (χ2v) is 5.07. The third-order valence-corrected chi connectivity index (χ3v) is 4.30. The van der Waals surface area contributed by atoms with Crippen LogP contribution in [0.3, 0.4) is 0 Å². The van der Waals surface area contributed by atoms with Gasteiger partial charge in [-0.2, -0.15) is 0 Å². The van der Waals surface area contributed by atoms with Crippen molar-refractivity contribution >= 4 is 12.4 Å². The van der Waals surface area contributed by atoms with Gasteiger partial charge in [-0.15, -0.1) is 12.4 Å². The van der Waals surface area contributed by atoms with Crippen molar-refractivity contribution < 1.29 is 0 Å². The molecule has 0 radical (unpaired) electrons. The predicted octanol–water partition coefficient (Wildman–Crippen LogP) is 3.40. The fourth-order valence-corrected chi connectivity index (χ4v) is 3.51. The van der Waals surface area contributed by atoms with Crippen molar-refractivity contribution in [3.8, 4) is 0 Å². The van der Waals surface area contributed by atoms with E-state index in [9.17, 15) is 0 Å². The van der Waals surface area contributed by atoms with Crippen molar-refractivity contribution in [2.75, 3.05) is 0 Å². The van der Waals surface area contributed by atoms with Crippen molar-refractivity contribution in [3.63, 3.8) is 0 Å². The largest absolute Gasteiger partial charge is 0.300 e. The summed E-state index contributed by atoms with van der Waals surface area (Å²) in [5.74, 6) is 0. The van der Waals surface area contributed by atoms with Crippen LogP contribution in [-0.2, 0) is 18.5 Å². The van der Waals surface area contributed by atoms with E-state index in [0.29, 0.717) is 0 Å². The lowest BCUT2D eigenvalue weighted by Gasteiger charge is -2.27. The molecule has 1 spiro atoms. The van der Waals surface area contributed by atoms with Gasteiger partial charge >= 0.3 is 0 Å². The Morgan fingerprint density at radius 1 is 0.833 bits per heavy atom. The van der Waals surface area contributed by atoms with Crippen LogP contribution >= 0.6 is 12.4 Å². The first-order valence-electron chi connectivity index (χ1n) is 6.32. The molecule has 1 atom stereocenters. The second-order valence-electron chi connectivity index (χ2n) is 5.07. The molecule has 18 heavy (non-hydrogen) atoms. The Balaban J connectivity index is 0.000001000. The second kappa shape index (κ2) is 4.11. The summed E-state index contributed by atoms with van der Waals surface area (Å²) in [5.41, 5.74) is 6.06. The SMILES string of the molecule is Cl.c1ccc2c(c1)CCC21NCc2ccccc21. The maximum Gasteiger partial charge on any atom is 0.0702 e. The zero-order valence-electron chi connectivity index (χ0n) is 10.1. The Kier molecular flexibility index (Phi) is 2.69. The molecule has 0 amide bonds. The Morgan fingerprint density at radius 3 is 2.22 bits per heavy atom. The average molecular weight is 258 g/mol. The summed E-state index contributed by atoms with van der Waals surface area (Å²) in [6.07, 6.45) is 2.39. The van der Waals surface area contributed by atoms with Crippen molar-refractivity contribution in [3.05, 3.63) is 70.8 Å². The minimum Gasteiger partial charge on any atom is -0.300 e. The normalized spacial score (nSPS) is 23.6. The van der Waals surface area contributed by atoms with Gasteiger partial charge in [0.1, 0.15) is 0 Å². The number of nitrogens with one attached hydrogen (secondary N) is 1. The summed E-state index contributed by atoms with van der Waals surface area (Å²) < 4.78 is 0. The minimum atomic E-state index is 0. The van der Waals surface area contributed by atoms with E-state index in [-0.39, 0.29) is 17.9 Å². The molecule has 92 valence electrons. The Bertz CT molecular complexity index is 538. The van der Waals surface area contributed by atoms with Crippen LogP contribution < -0.4 is 5.32 Å². The zero-order chi connectivity index (χ0) is 11.3. The summed E-state index contributed by atoms with van der Waals surface area (Å²) in [7, 11) is 0. The van der Waals surface area contributed by atoms with Gasteiger partial charge in [0.2, 0.25) is 0 Å². The average Bonchev–Trinajstić information content (AvgIpc) is 2.95. The van der Waals surface area contributed by atoms with Crippen molar-refractivity contribution in [2.24, 2.45) is 0 Å².